The highest BCUT2D eigenvalue weighted by Crippen LogP contribution is 2.48. The second-order valence-electron chi connectivity index (χ2n) is 7.24. The number of halogens is 1. The van der Waals surface area contributed by atoms with Crippen molar-refractivity contribution < 1.29 is 9.53 Å². The fourth-order valence-electron chi connectivity index (χ4n) is 4.16. The lowest BCUT2D eigenvalue weighted by Crippen LogP contribution is -2.51. The molecule has 3 atom stereocenters. The van der Waals surface area contributed by atoms with Gasteiger partial charge >= 0.3 is 0 Å². The molecule has 1 aliphatic rings. The zero-order valence-corrected chi connectivity index (χ0v) is 17.2. The molecule has 0 heterocycles. The van der Waals surface area contributed by atoms with Crippen molar-refractivity contribution in [3.8, 4) is 0 Å². The van der Waals surface area contributed by atoms with E-state index in [0.717, 1.165) is 6.42 Å². The molecule has 1 aliphatic carbocycles. The van der Waals surface area contributed by atoms with Crippen LogP contribution in [0.25, 0.3) is 0 Å². The van der Waals surface area contributed by atoms with Gasteiger partial charge in [0.1, 0.15) is 0 Å². The number of ether oxygens (including phenoxy) is 1. The van der Waals surface area contributed by atoms with E-state index >= 15 is 0 Å². The topological polar surface area (TPSA) is 26.3 Å². The monoisotopic (exact) mass is 422 g/mol. The Labute approximate surface area is 151 Å². The third-order valence-electron chi connectivity index (χ3n) is 5.72. The van der Waals surface area contributed by atoms with Crippen LogP contribution in [0.5, 0.6) is 0 Å². The summed E-state index contributed by atoms with van der Waals surface area (Å²) in [6, 6.07) is 0. The molecular weight excluding hydrogens is 387 g/mol. The number of carbonyl (C=O) groups is 1. The summed E-state index contributed by atoms with van der Waals surface area (Å²) in [6.45, 7) is 7.36. The number of methoxy groups -OCH3 is 1. The Morgan fingerprint density at radius 3 is 2.32 bits per heavy atom. The van der Waals surface area contributed by atoms with Crippen LogP contribution < -0.4 is 0 Å². The van der Waals surface area contributed by atoms with E-state index in [1.54, 1.807) is 7.11 Å². The molecule has 0 amide bonds. The maximum atomic E-state index is 13.3. The number of carbonyl (C=O) groups excluding carboxylic acids is 1. The summed E-state index contributed by atoms with van der Waals surface area (Å²) < 4.78 is 5.68. The van der Waals surface area contributed by atoms with Gasteiger partial charge in [0.25, 0.3) is 0 Å². The summed E-state index contributed by atoms with van der Waals surface area (Å²) in [4.78, 5) is 13.3. The number of rotatable bonds is 10. The summed E-state index contributed by atoms with van der Waals surface area (Å²) in [5, 5.41) is 0. The Hall–Kier alpha value is 0.360. The van der Waals surface area contributed by atoms with E-state index in [2.05, 4.69) is 43.4 Å². The van der Waals surface area contributed by atoms with Crippen molar-refractivity contribution in [2.24, 2.45) is 17.3 Å². The first-order chi connectivity index (χ1) is 10.5. The van der Waals surface area contributed by atoms with Crippen molar-refractivity contribution in [3.63, 3.8) is 0 Å². The van der Waals surface area contributed by atoms with Gasteiger partial charge in [0, 0.05) is 7.11 Å². The summed E-state index contributed by atoms with van der Waals surface area (Å²) in [5.41, 5.74) is -0.248. The highest BCUT2D eigenvalue weighted by atomic mass is 127. The molecule has 3 unspecified atom stereocenters. The van der Waals surface area contributed by atoms with Gasteiger partial charge in [-0.05, 0) is 31.1 Å². The molecule has 0 spiro atoms. The molecule has 1 rings (SSSR count). The first-order valence-corrected chi connectivity index (χ1v) is 10.4. The van der Waals surface area contributed by atoms with E-state index in [1.807, 2.05) is 0 Å². The standard InChI is InChI=1S/C19H35IO2/c1-5-6-7-8-9-13-17(20)18(21)19(14-22-4)15(2)11-10-12-16(19)3/h15-17H,5-14H2,1-4H3. The minimum Gasteiger partial charge on any atom is -0.384 e. The highest BCUT2D eigenvalue weighted by molar-refractivity contribution is 14.1. The van der Waals surface area contributed by atoms with Crippen molar-refractivity contribution in [3.05, 3.63) is 0 Å². The molecule has 0 radical (unpaired) electrons. The zero-order chi connectivity index (χ0) is 16.6. The van der Waals surface area contributed by atoms with Crippen molar-refractivity contribution in [2.75, 3.05) is 13.7 Å². The molecule has 2 nitrogen and oxygen atoms in total. The van der Waals surface area contributed by atoms with E-state index in [9.17, 15) is 4.79 Å². The molecule has 22 heavy (non-hydrogen) atoms. The number of unbranched alkanes of at least 4 members (excludes halogenated alkanes) is 4. The molecule has 0 aromatic heterocycles. The molecule has 0 aromatic rings. The number of alkyl halides is 1. The minimum atomic E-state index is -0.248. The van der Waals surface area contributed by atoms with Crippen LogP contribution in [0.2, 0.25) is 0 Å². The van der Waals surface area contributed by atoms with E-state index in [4.69, 9.17) is 4.74 Å². The van der Waals surface area contributed by atoms with Crippen molar-refractivity contribution in [1.82, 2.24) is 0 Å². The van der Waals surface area contributed by atoms with Crippen molar-refractivity contribution >= 4 is 28.4 Å². The quantitative estimate of drug-likeness (QED) is 0.252. The lowest BCUT2D eigenvalue weighted by molar-refractivity contribution is -0.143. The molecule has 1 fully saturated rings. The fraction of sp³-hybridized carbons (Fsp3) is 0.947. The van der Waals surface area contributed by atoms with Crippen LogP contribution >= 0.6 is 22.6 Å². The molecule has 130 valence electrons. The third kappa shape index (κ3) is 4.93. The number of hydrogen-bond donors (Lipinski definition) is 0. The van der Waals surface area contributed by atoms with Gasteiger partial charge in [-0.3, -0.25) is 4.79 Å². The van der Waals surface area contributed by atoms with E-state index in [1.165, 1.54) is 51.4 Å². The maximum absolute atomic E-state index is 13.3. The van der Waals surface area contributed by atoms with E-state index in [0.29, 0.717) is 24.2 Å². The Morgan fingerprint density at radius 1 is 1.18 bits per heavy atom. The second-order valence-corrected chi connectivity index (χ2v) is 8.74. The predicted molar refractivity (Wildman–Crippen MR) is 103 cm³/mol. The Bertz CT molecular complexity index is 319. The van der Waals surface area contributed by atoms with Gasteiger partial charge in [0.05, 0.1) is 15.9 Å². The summed E-state index contributed by atoms with van der Waals surface area (Å²) in [5.74, 6) is 1.35. The van der Waals surface area contributed by atoms with Crippen molar-refractivity contribution in [1.29, 1.82) is 0 Å². The molecule has 0 aliphatic heterocycles. The van der Waals surface area contributed by atoms with Crippen LogP contribution in [-0.2, 0) is 9.53 Å². The SMILES string of the molecule is CCCCCCCC(I)C(=O)C1(COC)C(C)CCCC1C. The second kappa shape index (κ2) is 10.3. The fourth-order valence-corrected chi connectivity index (χ4v) is 5.18. The number of ketones is 1. The van der Waals surface area contributed by atoms with Gasteiger partial charge in [-0.25, -0.2) is 0 Å². The van der Waals surface area contributed by atoms with Crippen LogP contribution in [0.3, 0.4) is 0 Å². The number of hydrogen-bond acceptors (Lipinski definition) is 2. The van der Waals surface area contributed by atoms with Crippen molar-refractivity contribution in [2.45, 2.75) is 82.5 Å². The molecule has 0 bridgehead atoms. The van der Waals surface area contributed by atoms with E-state index in [-0.39, 0.29) is 9.34 Å². The summed E-state index contributed by atoms with van der Waals surface area (Å²) in [6.07, 6.45) is 11.0. The lowest BCUT2D eigenvalue weighted by atomic mass is 9.58. The average molecular weight is 422 g/mol. The zero-order valence-electron chi connectivity index (χ0n) is 15.0. The van der Waals surface area contributed by atoms with Gasteiger partial charge in [-0.1, -0.05) is 81.9 Å². The molecule has 3 heteroatoms. The first kappa shape index (κ1) is 20.4. The smallest absolute Gasteiger partial charge is 0.154 e. The summed E-state index contributed by atoms with van der Waals surface area (Å²) in [7, 11) is 1.75. The molecule has 0 saturated heterocycles. The minimum absolute atomic E-state index is 0.150. The van der Waals surface area contributed by atoms with Gasteiger partial charge in [-0.2, -0.15) is 0 Å². The molecule has 0 aromatic carbocycles. The molecule has 1 saturated carbocycles. The third-order valence-corrected chi connectivity index (χ3v) is 6.91. The Balaban J connectivity index is 2.67. The lowest BCUT2D eigenvalue weighted by Gasteiger charge is -2.46. The van der Waals surface area contributed by atoms with Gasteiger partial charge in [0.2, 0.25) is 0 Å². The normalized spacial score (nSPS) is 30.2. The Kier molecular flexibility index (Phi) is 9.53. The van der Waals surface area contributed by atoms with Crippen LogP contribution in [0.4, 0.5) is 0 Å². The predicted octanol–water partition coefficient (Wildman–Crippen LogP) is 5.81. The van der Waals surface area contributed by atoms with Crippen LogP contribution in [-0.4, -0.2) is 23.4 Å². The van der Waals surface area contributed by atoms with Gasteiger partial charge in [-0.15, -0.1) is 0 Å². The first-order valence-electron chi connectivity index (χ1n) is 9.18. The van der Waals surface area contributed by atoms with E-state index < -0.39 is 0 Å². The van der Waals surface area contributed by atoms with Gasteiger partial charge in [0.15, 0.2) is 5.78 Å². The van der Waals surface area contributed by atoms with Crippen LogP contribution in [0.15, 0.2) is 0 Å². The highest BCUT2D eigenvalue weighted by Gasteiger charge is 2.50. The maximum Gasteiger partial charge on any atom is 0.154 e. The largest absolute Gasteiger partial charge is 0.384 e. The summed E-state index contributed by atoms with van der Waals surface area (Å²) >= 11 is 2.40. The van der Waals surface area contributed by atoms with Crippen LogP contribution in [0.1, 0.15) is 78.6 Å². The molecule has 0 N–H and O–H groups in total. The van der Waals surface area contributed by atoms with Crippen LogP contribution in [0, 0.1) is 17.3 Å². The average Bonchev–Trinajstić information content (AvgIpc) is 2.50. The Morgan fingerprint density at radius 2 is 1.77 bits per heavy atom. The molecular formula is C19H35IO2. The van der Waals surface area contributed by atoms with Gasteiger partial charge < -0.3 is 4.74 Å². The number of Topliss-reactive ketones (excluding diaryl/α,β-unsaturated/α-hetero) is 1.